The normalized spacial score (nSPS) is 21.1. The summed E-state index contributed by atoms with van der Waals surface area (Å²) in [5, 5.41) is 8.98. The Balaban J connectivity index is 1.77. The van der Waals surface area contributed by atoms with Crippen LogP contribution >= 0.6 is 0 Å². The van der Waals surface area contributed by atoms with Crippen molar-refractivity contribution in [1.29, 1.82) is 0 Å². The number of rotatable bonds is 4. The van der Waals surface area contributed by atoms with Gasteiger partial charge in [0.25, 0.3) is 0 Å². The molecular weight excluding hydrogens is 302 g/mol. The lowest BCUT2D eigenvalue weighted by Crippen LogP contribution is -2.57. The summed E-state index contributed by atoms with van der Waals surface area (Å²) in [7, 11) is 0. The van der Waals surface area contributed by atoms with E-state index >= 15 is 0 Å². The van der Waals surface area contributed by atoms with E-state index in [1.807, 2.05) is 0 Å². The Morgan fingerprint density at radius 1 is 1.17 bits per heavy atom. The maximum atomic E-state index is 14.2. The zero-order valence-corrected chi connectivity index (χ0v) is 13.1. The fourth-order valence-electron chi connectivity index (χ4n) is 3.62. The lowest BCUT2D eigenvalue weighted by molar-refractivity contribution is -0.143. The number of aliphatic hydroxyl groups excluding tert-OH is 1. The average molecular weight is 324 g/mol. The summed E-state index contributed by atoms with van der Waals surface area (Å²) >= 11 is 0. The molecule has 6 heteroatoms. The molecule has 0 spiro atoms. The summed E-state index contributed by atoms with van der Waals surface area (Å²) in [5.74, 6) is -1.29. The van der Waals surface area contributed by atoms with Crippen LogP contribution in [0.15, 0.2) is 18.2 Å². The molecule has 1 N–H and O–H groups in total. The molecule has 1 aromatic rings. The van der Waals surface area contributed by atoms with Crippen LogP contribution < -0.4 is 0 Å². The Hall–Kier alpha value is -1.53. The third-order valence-electron chi connectivity index (χ3n) is 5.14. The Labute approximate surface area is 134 Å². The minimum Gasteiger partial charge on any atom is -0.395 e. The molecule has 0 bridgehead atoms. The molecule has 23 heavy (non-hydrogen) atoms. The SMILES string of the molecule is O=C(N1CCN(CCO)CC1)C1(c2ccc(F)cc2F)CCC1. The number of carbonyl (C=O) groups excluding carboxylic acids is 1. The third kappa shape index (κ3) is 2.97. The van der Waals surface area contributed by atoms with Crippen LogP contribution in [-0.4, -0.2) is 60.1 Å². The van der Waals surface area contributed by atoms with Crippen LogP contribution in [0.3, 0.4) is 0 Å². The second-order valence-corrected chi connectivity index (χ2v) is 6.42. The zero-order chi connectivity index (χ0) is 16.4. The topological polar surface area (TPSA) is 43.8 Å². The number of nitrogens with zero attached hydrogens (tertiary/aromatic N) is 2. The van der Waals surface area contributed by atoms with E-state index < -0.39 is 17.0 Å². The molecule has 3 rings (SSSR count). The van der Waals surface area contributed by atoms with E-state index in [4.69, 9.17) is 5.11 Å². The first-order valence-electron chi connectivity index (χ1n) is 8.15. The predicted octanol–water partition coefficient (Wildman–Crippen LogP) is 1.52. The van der Waals surface area contributed by atoms with Gasteiger partial charge in [0, 0.05) is 44.4 Å². The van der Waals surface area contributed by atoms with Gasteiger partial charge in [0.2, 0.25) is 5.91 Å². The monoisotopic (exact) mass is 324 g/mol. The number of piperazine rings is 1. The number of halogens is 2. The summed E-state index contributed by atoms with van der Waals surface area (Å²) < 4.78 is 27.4. The lowest BCUT2D eigenvalue weighted by atomic mass is 9.63. The van der Waals surface area contributed by atoms with Crippen LogP contribution in [0.5, 0.6) is 0 Å². The molecule has 1 amide bonds. The molecule has 4 nitrogen and oxygen atoms in total. The predicted molar refractivity (Wildman–Crippen MR) is 82.0 cm³/mol. The van der Waals surface area contributed by atoms with Crippen molar-refractivity contribution >= 4 is 5.91 Å². The fraction of sp³-hybridized carbons (Fsp3) is 0.588. The second-order valence-electron chi connectivity index (χ2n) is 6.42. The fourth-order valence-corrected chi connectivity index (χ4v) is 3.62. The molecule has 2 fully saturated rings. The molecular formula is C17H22F2N2O2. The van der Waals surface area contributed by atoms with Crippen molar-refractivity contribution in [2.45, 2.75) is 24.7 Å². The van der Waals surface area contributed by atoms with Gasteiger partial charge in [-0.05, 0) is 18.9 Å². The van der Waals surface area contributed by atoms with Gasteiger partial charge in [-0.3, -0.25) is 9.69 Å². The maximum absolute atomic E-state index is 14.2. The molecule has 2 aliphatic rings. The van der Waals surface area contributed by atoms with E-state index in [1.165, 1.54) is 12.1 Å². The highest BCUT2D eigenvalue weighted by atomic mass is 19.1. The molecule has 0 atom stereocenters. The number of benzene rings is 1. The van der Waals surface area contributed by atoms with Gasteiger partial charge in [0.15, 0.2) is 0 Å². The van der Waals surface area contributed by atoms with Crippen LogP contribution in [0, 0.1) is 11.6 Å². The summed E-state index contributed by atoms with van der Waals surface area (Å²) in [6.07, 6.45) is 2.11. The number of β-amino-alcohol motifs (C(OH)–C–C–N with tert-alkyl or cyclic N) is 1. The van der Waals surface area contributed by atoms with Crippen molar-refractivity contribution in [3.05, 3.63) is 35.4 Å². The van der Waals surface area contributed by atoms with E-state index in [1.54, 1.807) is 4.90 Å². The van der Waals surface area contributed by atoms with E-state index in [0.717, 1.165) is 12.5 Å². The van der Waals surface area contributed by atoms with Gasteiger partial charge in [0.05, 0.1) is 12.0 Å². The van der Waals surface area contributed by atoms with Crippen LogP contribution in [-0.2, 0) is 10.2 Å². The van der Waals surface area contributed by atoms with E-state index in [9.17, 15) is 13.6 Å². The number of amides is 1. The van der Waals surface area contributed by atoms with Gasteiger partial charge in [0.1, 0.15) is 11.6 Å². The second kappa shape index (κ2) is 6.53. The number of hydrogen-bond donors (Lipinski definition) is 1. The lowest BCUT2D eigenvalue weighted by Gasteiger charge is -2.46. The molecule has 1 aromatic carbocycles. The highest BCUT2D eigenvalue weighted by molar-refractivity contribution is 5.89. The Morgan fingerprint density at radius 3 is 2.39 bits per heavy atom. The maximum Gasteiger partial charge on any atom is 0.233 e. The molecule has 0 unspecified atom stereocenters. The van der Waals surface area contributed by atoms with E-state index in [0.29, 0.717) is 51.1 Å². The van der Waals surface area contributed by atoms with Gasteiger partial charge >= 0.3 is 0 Å². The van der Waals surface area contributed by atoms with Gasteiger partial charge in [-0.1, -0.05) is 12.5 Å². The first-order valence-corrected chi connectivity index (χ1v) is 8.15. The highest BCUT2D eigenvalue weighted by Crippen LogP contribution is 2.46. The van der Waals surface area contributed by atoms with Crippen molar-refractivity contribution in [3.63, 3.8) is 0 Å². The summed E-state index contributed by atoms with van der Waals surface area (Å²) in [6, 6.07) is 3.51. The largest absolute Gasteiger partial charge is 0.395 e. The minimum atomic E-state index is -0.822. The van der Waals surface area contributed by atoms with Crippen molar-refractivity contribution in [2.24, 2.45) is 0 Å². The summed E-state index contributed by atoms with van der Waals surface area (Å²) in [5.41, 5.74) is -0.496. The first kappa shape index (κ1) is 16.3. The number of hydrogen-bond acceptors (Lipinski definition) is 3. The first-order chi connectivity index (χ1) is 11.1. The molecule has 1 heterocycles. The van der Waals surface area contributed by atoms with Crippen LogP contribution in [0.1, 0.15) is 24.8 Å². The molecule has 126 valence electrons. The minimum absolute atomic E-state index is 0.0436. The van der Waals surface area contributed by atoms with Crippen LogP contribution in [0.2, 0.25) is 0 Å². The van der Waals surface area contributed by atoms with Gasteiger partial charge in [-0.15, -0.1) is 0 Å². The Morgan fingerprint density at radius 2 is 1.87 bits per heavy atom. The molecule has 0 radical (unpaired) electrons. The third-order valence-corrected chi connectivity index (χ3v) is 5.14. The van der Waals surface area contributed by atoms with Crippen LogP contribution in [0.4, 0.5) is 8.78 Å². The zero-order valence-electron chi connectivity index (χ0n) is 13.1. The average Bonchev–Trinajstić information content (AvgIpc) is 2.49. The molecule has 1 aliphatic heterocycles. The number of carbonyl (C=O) groups is 1. The van der Waals surface area contributed by atoms with E-state index in [-0.39, 0.29) is 12.5 Å². The highest BCUT2D eigenvalue weighted by Gasteiger charge is 2.49. The van der Waals surface area contributed by atoms with E-state index in [2.05, 4.69) is 4.90 Å². The summed E-state index contributed by atoms with van der Waals surface area (Å²) in [4.78, 5) is 16.9. The Kier molecular flexibility index (Phi) is 4.64. The van der Waals surface area contributed by atoms with Crippen molar-refractivity contribution < 1.29 is 18.7 Å². The number of aliphatic hydroxyl groups is 1. The summed E-state index contributed by atoms with van der Waals surface area (Å²) in [6.45, 7) is 3.33. The molecule has 1 aliphatic carbocycles. The van der Waals surface area contributed by atoms with Gasteiger partial charge in [-0.25, -0.2) is 8.78 Å². The smallest absolute Gasteiger partial charge is 0.233 e. The Bertz CT molecular complexity index is 582. The van der Waals surface area contributed by atoms with Gasteiger partial charge < -0.3 is 10.0 Å². The van der Waals surface area contributed by atoms with Crippen molar-refractivity contribution in [3.8, 4) is 0 Å². The van der Waals surface area contributed by atoms with Crippen molar-refractivity contribution in [1.82, 2.24) is 9.80 Å². The van der Waals surface area contributed by atoms with Crippen molar-refractivity contribution in [2.75, 3.05) is 39.3 Å². The quantitative estimate of drug-likeness (QED) is 0.913. The van der Waals surface area contributed by atoms with Gasteiger partial charge in [-0.2, -0.15) is 0 Å². The standard InChI is InChI=1S/C17H22F2N2O2/c18-13-2-3-14(15(19)12-13)17(4-1-5-17)16(23)21-8-6-20(7-9-21)10-11-22/h2-3,12,22H,1,4-11H2. The molecule has 1 saturated carbocycles. The molecule has 0 aromatic heterocycles. The molecule has 1 saturated heterocycles. The van der Waals surface area contributed by atoms with Crippen LogP contribution in [0.25, 0.3) is 0 Å².